The highest BCUT2D eigenvalue weighted by molar-refractivity contribution is 5.97. The van der Waals surface area contributed by atoms with Gasteiger partial charge in [0.25, 0.3) is 5.69 Å². The normalized spacial score (nSPS) is 10.5. The molecule has 0 atom stereocenters. The third-order valence-electron chi connectivity index (χ3n) is 4.75. The molecule has 0 fully saturated rings. The monoisotopic (exact) mass is 405 g/mol. The molecule has 0 amide bonds. The minimum atomic E-state index is -0.459. The van der Waals surface area contributed by atoms with Gasteiger partial charge < -0.3 is 9.47 Å². The molecule has 6 nitrogen and oxygen atoms in total. The molecule has 0 bridgehead atoms. The first kappa shape index (κ1) is 21.0. The number of nitro groups is 1. The fourth-order valence-corrected chi connectivity index (χ4v) is 3.13. The van der Waals surface area contributed by atoms with Crippen molar-refractivity contribution in [3.63, 3.8) is 0 Å². The Labute approximate surface area is 175 Å². The summed E-state index contributed by atoms with van der Waals surface area (Å²) in [5, 5.41) is 11.2. The van der Waals surface area contributed by atoms with E-state index in [1.54, 1.807) is 43.5 Å². The van der Waals surface area contributed by atoms with E-state index in [4.69, 9.17) is 9.47 Å². The van der Waals surface area contributed by atoms with Crippen LogP contribution in [0.1, 0.15) is 29.3 Å². The standard InChI is InChI=1S/C24H23NO5/c1-3-4-17-5-7-19(8-6-17)23(26)16-30-24-14-11-20(25(27)28)15-22(24)18-9-12-21(29-2)13-10-18/h5-15H,3-4,16H2,1-2H3. The van der Waals surface area contributed by atoms with Crippen molar-refractivity contribution in [1.82, 2.24) is 0 Å². The molecule has 0 aliphatic rings. The molecule has 0 aromatic heterocycles. The van der Waals surface area contributed by atoms with Gasteiger partial charge in [-0.3, -0.25) is 14.9 Å². The summed E-state index contributed by atoms with van der Waals surface area (Å²) in [6.45, 7) is 1.95. The molecule has 30 heavy (non-hydrogen) atoms. The number of non-ortho nitro benzene ring substituents is 1. The Morgan fingerprint density at radius 3 is 2.30 bits per heavy atom. The van der Waals surface area contributed by atoms with Crippen LogP contribution in [0.5, 0.6) is 11.5 Å². The van der Waals surface area contributed by atoms with Crippen LogP contribution in [0.4, 0.5) is 5.69 Å². The van der Waals surface area contributed by atoms with Crippen molar-refractivity contribution in [2.45, 2.75) is 19.8 Å². The highest BCUT2D eigenvalue weighted by atomic mass is 16.6. The third-order valence-corrected chi connectivity index (χ3v) is 4.75. The highest BCUT2D eigenvalue weighted by Crippen LogP contribution is 2.34. The molecule has 0 saturated carbocycles. The van der Waals surface area contributed by atoms with Crippen LogP contribution in [0.3, 0.4) is 0 Å². The Balaban J connectivity index is 1.82. The van der Waals surface area contributed by atoms with E-state index in [-0.39, 0.29) is 18.1 Å². The fraction of sp³-hybridized carbons (Fsp3) is 0.208. The zero-order valence-electron chi connectivity index (χ0n) is 17.0. The third kappa shape index (κ3) is 5.03. The van der Waals surface area contributed by atoms with Crippen molar-refractivity contribution in [3.05, 3.63) is 88.0 Å². The van der Waals surface area contributed by atoms with Gasteiger partial charge in [0.1, 0.15) is 11.5 Å². The van der Waals surface area contributed by atoms with E-state index in [2.05, 4.69) is 6.92 Å². The lowest BCUT2D eigenvalue weighted by atomic mass is 10.0. The van der Waals surface area contributed by atoms with Crippen molar-refractivity contribution in [3.8, 4) is 22.6 Å². The van der Waals surface area contributed by atoms with Crippen molar-refractivity contribution < 1.29 is 19.2 Å². The van der Waals surface area contributed by atoms with Crippen molar-refractivity contribution in [2.24, 2.45) is 0 Å². The molecule has 3 aromatic carbocycles. The van der Waals surface area contributed by atoms with E-state index in [1.807, 2.05) is 12.1 Å². The number of ketones is 1. The molecule has 0 heterocycles. The van der Waals surface area contributed by atoms with Gasteiger partial charge in [0.05, 0.1) is 12.0 Å². The van der Waals surface area contributed by atoms with E-state index in [9.17, 15) is 14.9 Å². The van der Waals surface area contributed by atoms with Gasteiger partial charge in [0.2, 0.25) is 0 Å². The maximum Gasteiger partial charge on any atom is 0.270 e. The van der Waals surface area contributed by atoms with Gasteiger partial charge in [-0.15, -0.1) is 0 Å². The van der Waals surface area contributed by atoms with Gasteiger partial charge in [-0.2, -0.15) is 0 Å². The molecule has 0 spiro atoms. The first-order valence-electron chi connectivity index (χ1n) is 9.69. The minimum absolute atomic E-state index is 0.0500. The van der Waals surface area contributed by atoms with Crippen LogP contribution in [0.15, 0.2) is 66.7 Å². The maximum atomic E-state index is 12.5. The summed E-state index contributed by atoms with van der Waals surface area (Å²) in [5.74, 6) is 0.923. The Bertz CT molecular complexity index is 1030. The van der Waals surface area contributed by atoms with Gasteiger partial charge in [-0.1, -0.05) is 49.7 Å². The predicted octanol–water partition coefficient (Wildman–Crippen LogP) is 5.48. The Kier molecular flexibility index (Phi) is 6.80. The van der Waals surface area contributed by atoms with E-state index < -0.39 is 4.92 Å². The van der Waals surface area contributed by atoms with Gasteiger partial charge >= 0.3 is 0 Å². The molecule has 0 aliphatic heterocycles. The highest BCUT2D eigenvalue weighted by Gasteiger charge is 2.15. The second kappa shape index (κ2) is 9.69. The predicted molar refractivity (Wildman–Crippen MR) is 115 cm³/mol. The van der Waals surface area contributed by atoms with Gasteiger partial charge in [0.15, 0.2) is 12.4 Å². The van der Waals surface area contributed by atoms with Gasteiger partial charge in [-0.05, 0) is 35.7 Å². The first-order chi connectivity index (χ1) is 14.5. The second-order valence-corrected chi connectivity index (χ2v) is 6.82. The number of hydrogen-bond donors (Lipinski definition) is 0. The number of carbonyl (C=O) groups is 1. The molecule has 0 N–H and O–H groups in total. The van der Waals surface area contributed by atoms with Crippen LogP contribution in [-0.4, -0.2) is 24.4 Å². The minimum Gasteiger partial charge on any atom is -0.497 e. The van der Waals surface area contributed by atoms with Gasteiger partial charge in [0, 0.05) is 23.3 Å². The van der Waals surface area contributed by atoms with Gasteiger partial charge in [-0.25, -0.2) is 0 Å². The van der Waals surface area contributed by atoms with E-state index >= 15 is 0 Å². The number of Topliss-reactive ketones (excluding diaryl/α,β-unsaturated/α-hetero) is 1. The summed E-state index contributed by atoms with van der Waals surface area (Å²) in [7, 11) is 1.57. The van der Waals surface area contributed by atoms with Crippen molar-refractivity contribution in [1.29, 1.82) is 0 Å². The van der Waals surface area contributed by atoms with Crippen LogP contribution in [-0.2, 0) is 6.42 Å². The van der Waals surface area contributed by atoms with Crippen LogP contribution >= 0.6 is 0 Å². The Hall–Kier alpha value is -3.67. The Morgan fingerprint density at radius 2 is 1.70 bits per heavy atom. The molecule has 6 heteroatoms. The quantitative estimate of drug-likeness (QED) is 0.267. The lowest BCUT2D eigenvalue weighted by Crippen LogP contribution is -2.12. The molecular weight excluding hydrogens is 382 g/mol. The zero-order chi connectivity index (χ0) is 21.5. The average molecular weight is 405 g/mol. The largest absolute Gasteiger partial charge is 0.497 e. The number of rotatable bonds is 9. The van der Waals surface area contributed by atoms with Crippen molar-refractivity contribution >= 4 is 11.5 Å². The summed E-state index contributed by atoms with van der Waals surface area (Å²) in [4.78, 5) is 23.3. The molecular formula is C24H23NO5. The molecule has 0 aliphatic carbocycles. The zero-order valence-corrected chi connectivity index (χ0v) is 17.0. The maximum absolute atomic E-state index is 12.5. The summed E-state index contributed by atoms with van der Waals surface area (Å²) in [6, 6.07) is 19.0. The lowest BCUT2D eigenvalue weighted by Gasteiger charge is -2.12. The number of hydrogen-bond acceptors (Lipinski definition) is 5. The number of methoxy groups -OCH3 is 1. The summed E-state index contributed by atoms with van der Waals surface area (Å²) >= 11 is 0. The number of benzene rings is 3. The van der Waals surface area contributed by atoms with E-state index in [1.165, 1.54) is 23.8 Å². The second-order valence-electron chi connectivity index (χ2n) is 6.82. The molecule has 0 unspecified atom stereocenters. The summed E-state index contributed by atoms with van der Waals surface area (Å²) in [5.41, 5.74) is 2.98. The van der Waals surface area contributed by atoms with Crippen LogP contribution in [0, 0.1) is 10.1 Å². The molecule has 0 radical (unpaired) electrons. The topological polar surface area (TPSA) is 78.7 Å². The number of nitro benzene ring substituents is 1. The van der Waals surface area contributed by atoms with Crippen LogP contribution in [0.2, 0.25) is 0 Å². The van der Waals surface area contributed by atoms with Crippen molar-refractivity contribution in [2.75, 3.05) is 13.7 Å². The SMILES string of the molecule is CCCc1ccc(C(=O)COc2ccc([N+](=O)[O-])cc2-c2ccc(OC)cc2)cc1. The summed E-state index contributed by atoms with van der Waals surface area (Å²) < 4.78 is 10.9. The average Bonchev–Trinajstić information content (AvgIpc) is 2.78. The number of nitrogens with zero attached hydrogens (tertiary/aromatic N) is 1. The Morgan fingerprint density at radius 1 is 1.00 bits per heavy atom. The number of aryl methyl sites for hydroxylation is 1. The first-order valence-corrected chi connectivity index (χ1v) is 9.69. The molecule has 3 aromatic rings. The number of ether oxygens (including phenoxy) is 2. The molecule has 0 saturated heterocycles. The number of carbonyl (C=O) groups excluding carboxylic acids is 1. The fourth-order valence-electron chi connectivity index (χ4n) is 3.13. The van der Waals surface area contributed by atoms with Crippen LogP contribution in [0.25, 0.3) is 11.1 Å². The molecule has 3 rings (SSSR count). The van der Waals surface area contributed by atoms with E-state index in [0.29, 0.717) is 22.6 Å². The lowest BCUT2D eigenvalue weighted by molar-refractivity contribution is -0.384. The van der Waals surface area contributed by atoms with Crippen LogP contribution < -0.4 is 9.47 Å². The molecule has 154 valence electrons. The van der Waals surface area contributed by atoms with E-state index in [0.717, 1.165) is 18.4 Å². The smallest absolute Gasteiger partial charge is 0.270 e. The summed E-state index contributed by atoms with van der Waals surface area (Å²) in [6.07, 6.45) is 2.02.